The monoisotopic (exact) mass is 278 g/mol. The van der Waals surface area contributed by atoms with Crippen LogP contribution in [0.15, 0.2) is 18.2 Å². The van der Waals surface area contributed by atoms with E-state index in [-0.39, 0.29) is 11.8 Å². The topological polar surface area (TPSA) is 73.6 Å². The van der Waals surface area contributed by atoms with E-state index in [9.17, 15) is 4.79 Å². The van der Waals surface area contributed by atoms with Crippen LogP contribution in [0.1, 0.15) is 25.3 Å². The number of ether oxygens (including phenoxy) is 2. The lowest BCUT2D eigenvalue weighted by Gasteiger charge is -2.21. The number of hydrogen-bond donors (Lipinski definition) is 2. The van der Waals surface area contributed by atoms with Gasteiger partial charge in [-0.25, -0.2) is 0 Å². The average molecular weight is 278 g/mol. The minimum absolute atomic E-state index is 0.0110. The second kappa shape index (κ2) is 7.26. The molecule has 0 aromatic heterocycles. The minimum Gasteiger partial charge on any atom is -0.494 e. The maximum atomic E-state index is 12.1. The fraction of sp³-hybridized carbons (Fsp3) is 0.533. The second-order valence-corrected chi connectivity index (χ2v) is 4.86. The first-order valence-corrected chi connectivity index (χ1v) is 7.09. The van der Waals surface area contributed by atoms with Crippen molar-refractivity contribution in [3.63, 3.8) is 0 Å². The van der Waals surface area contributed by atoms with Crippen LogP contribution in [0, 0.1) is 5.92 Å². The Morgan fingerprint density at radius 1 is 1.55 bits per heavy atom. The molecule has 5 nitrogen and oxygen atoms in total. The first-order chi connectivity index (χ1) is 9.74. The Bertz CT molecular complexity index is 456. The molecule has 0 aliphatic carbocycles. The lowest BCUT2D eigenvalue weighted by molar-refractivity contribution is -0.123. The molecule has 20 heavy (non-hydrogen) atoms. The van der Waals surface area contributed by atoms with Crippen LogP contribution in [-0.2, 0) is 16.1 Å². The molecule has 1 aliphatic rings. The number of nitrogens with one attached hydrogen (secondary N) is 1. The van der Waals surface area contributed by atoms with E-state index in [1.54, 1.807) is 0 Å². The number of amides is 1. The van der Waals surface area contributed by atoms with E-state index in [2.05, 4.69) is 5.32 Å². The number of anilines is 1. The molecule has 1 unspecified atom stereocenters. The zero-order valence-electron chi connectivity index (χ0n) is 11.9. The molecule has 1 heterocycles. The Hall–Kier alpha value is -1.59. The fourth-order valence-electron chi connectivity index (χ4n) is 2.30. The van der Waals surface area contributed by atoms with E-state index >= 15 is 0 Å². The van der Waals surface area contributed by atoms with Crippen molar-refractivity contribution in [3.05, 3.63) is 23.8 Å². The third-order valence-electron chi connectivity index (χ3n) is 3.38. The molecule has 1 amide bonds. The highest BCUT2D eigenvalue weighted by atomic mass is 16.5. The molecule has 5 heteroatoms. The highest BCUT2D eigenvalue weighted by Crippen LogP contribution is 2.23. The van der Waals surface area contributed by atoms with Crippen LogP contribution < -0.4 is 15.8 Å². The molecule has 110 valence electrons. The van der Waals surface area contributed by atoms with Crippen molar-refractivity contribution < 1.29 is 14.3 Å². The van der Waals surface area contributed by atoms with Gasteiger partial charge >= 0.3 is 0 Å². The molecular weight excluding hydrogens is 256 g/mol. The van der Waals surface area contributed by atoms with Crippen molar-refractivity contribution in [2.45, 2.75) is 26.3 Å². The maximum Gasteiger partial charge on any atom is 0.229 e. The number of nitrogens with two attached hydrogens (primary N) is 1. The molecule has 0 radical (unpaired) electrons. The summed E-state index contributed by atoms with van der Waals surface area (Å²) in [6.07, 6.45) is 1.82. The van der Waals surface area contributed by atoms with Crippen molar-refractivity contribution in [3.8, 4) is 5.75 Å². The van der Waals surface area contributed by atoms with Gasteiger partial charge < -0.3 is 20.5 Å². The Labute approximate surface area is 119 Å². The van der Waals surface area contributed by atoms with Gasteiger partial charge in [0.1, 0.15) is 5.75 Å². The van der Waals surface area contributed by atoms with Gasteiger partial charge in [-0.05, 0) is 38.0 Å². The van der Waals surface area contributed by atoms with Gasteiger partial charge in [0, 0.05) is 24.4 Å². The molecule has 2 rings (SSSR count). The van der Waals surface area contributed by atoms with Crippen LogP contribution in [-0.4, -0.2) is 25.7 Å². The summed E-state index contributed by atoms with van der Waals surface area (Å²) in [5.41, 5.74) is 7.36. The van der Waals surface area contributed by atoms with Crippen molar-refractivity contribution in [1.29, 1.82) is 0 Å². The largest absolute Gasteiger partial charge is 0.494 e. The fourth-order valence-corrected chi connectivity index (χ4v) is 2.30. The van der Waals surface area contributed by atoms with E-state index in [1.807, 2.05) is 25.1 Å². The van der Waals surface area contributed by atoms with Crippen LogP contribution >= 0.6 is 0 Å². The number of rotatable bonds is 5. The van der Waals surface area contributed by atoms with E-state index in [1.165, 1.54) is 0 Å². The van der Waals surface area contributed by atoms with Gasteiger partial charge in [0.25, 0.3) is 0 Å². The standard InChI is InChI=1S/C15H22N2O3/c1-2-20-14-6-5-13(8-12(14)9-16)17-15(18)11-4-3-7-19-10-11/h5-6,8,11H,2-4,7,9-10,16H2,1H3,(H,17,18). The van der Waals surface area contributed by atoms with Crippen molar-refractivity contribution in [1.82, 2.24) is 0 Å². The Balaban J connectivity index is 2.03. The molecule has 1 aliphatic heterocycles. The number of carbonyl (C=O) groups excluding carboxylic acids is 1. The molecule has 0 spiro atoms. The molecule has 1 aromatic rings. The van der Waals surface area contributed by atoms with Crippen molar-refractivity contribution in [2.24, 2.45) is 11.7 Å². The first kappa shape index (κ1) is 14.8. The molecule has 1 fully saturated rings. The number of hydrogen-bond acceptors (Lipinski definition) is 4. The molecule has 1 aromatic carbocycles. The molecule has 0 saturated carbocycles. The van der Waals surface area contributed by atoms with E-state index in [0.29, 0.717) is 19.8 Å². The predicted octanol–water partition coefficient (Wildman–Crippen LogP) is 1.91. The first-order valence-electron chi connectivity index (χ1n) is 7.09. The molecular formula is C15H22N2O3. The molecule has 3 N–H and O–H groups in total. The zero-order chi connectivity index (χ0) is 14.4. The van der Waals surface area contributed by atoms with Gasteiger partial charge in [-0.15, -0.1) is 0 Å². The van der Waals surface area contributed by atoms with Crippen LogP contribution in [0.4, 0.5) is 5.69 Å². The van der Waals surface area contributed by atoms with Crippen LogP contribution in [0.25, 0.3) is 0 Å². The van der Waals surface area contributed by atoms with Crippen molar-refractivity contribution >= 4 is 11.6 Å². The summed E-state index contributed by atoms with van der Waals surface area (Å²) in [6.45, 7) is 4.17. The number of benzene rings is 1. The Kier molecular flexibility index (Phi) is 5.38. The SMILES string of the molecule is CCOc1ccc(NC(=O)C2CCCOC2)cc1CN. The van der Waals surface area contributed by atoms with Gasteiger partial charge in [0.2, 0.25) is 5.91 Å². The van der Waals surface area contributed by atoms with Gasteiger partial charge in [-0.3, -0.25) is 4.79 Å². The lowest BCUT2D eigenvalue weighted by atomic mass is 10.0. The van der Waals surface area contributed by atoms with Crippen LogP contribution in [0.2, 0.25) is 0 Å². The van der Waals surface area contributed by atoms with Gasteiger partial charge in [0.15, 0.2) is 0 Å². The van der Waals surface area contributed by atoms with E-state index < -0.39 is 0 Å². The smallest absolute Gasteiger partial charge is 0.229 e. The highest BCUT2D eigenvalue weighted by Gasteiger charge is 2.21. The third-order valence-corrected chi connectivity index (χ3v) is 3.38. The van der Waals surface area contributed by atoms with Gasteiger partial charge in [0.05, 0.1) is 19.1 Å². The van der Waals surface area contributed by atoms with Gasteiger partial charge in [-0.2, -0.15) is 0 Å². The summed E-state index contributed by atoms with van der Waals surface area (Å²) >= 11 is 0. The Morgan fingerprint density at radius 2 is 2.40 bits per heavy atom. The highest BCUT2D eigenvalue weighted by molar-refractivity contribution is 5.92. The van der Waals surface area contributed by atoms with E-state index in [4.69, 9.17) is 15.2 Å². The second-order valence-electron chi connectivity index (χ2n) is 4.86. The third kappa shape index (κ3) is 3.71. The summed E-state index contributed by atoms with van der Waals surface area (Å²) in [5, 5.41) is 2.93. The van der Waals surface area contributed by atoms with Crippen LogP contribution in [0.5, 0.6) is 5.75 Å². The summed E-state index contributed by atoms with van der Waals surface area (Å²) < 4.78 is 10.8. The molecule has 1 atom stereocenters. The van der Waals surface area contributed by atoms with Gasteiger partial charge in [-0.1, -0.05) is 0 Å². The lowest BCUT2D eigenvalue weighted by Crippen LogP contribution is -2.30. The average Bonchev–Trinajstić information content (AvgIpc) is 2.50. The van der Waals surface area contributed by atoms with Crippen molar-refractivity contribution in [2.75, 3.05) is 25.1 Å². The quantitative estimate of drug-likeness (QED) is 0.863. The summed E-state index contributed by atoms with van der Waals surface area (Å²) in [6, 6.07) is 5.55. The normalized spacial score (nSPS) is 18.6. The summed E-state index contributed by atoms with van der Waals surface area (Å²) in [4.78, 5) is 12.1. The molecule has 1 saturated heterocycles. The Morgan fingerprint density at radius 3 is 3.05 bits per heavy atom. The zero-order valence-corrected chi connectivity index (χ0v) is 11.9. The number of carbonyl (C=O) groups is 1. The van der Waals surface area contributed by atoms with Crippen LogP contribution in [0.3, 0.4) is 0 Å². The summed E-state index contributed by atoms with van der Waals surface area (Å²) in [5.74, 6) is 0.725. The summed E-state index contributed by atoms with van der Waals surface area (Å²) in [7, 11) is 0. The minimum atomic E-state index is -0.0587. The maximum absolute atomic E-state index is 12.1. The van der Waals surface area contributed by atoms with E-state index in [0.717, 1.165) is 36.4 Å². The molecule has 0 bridgehead atoms. The predicted molar refractivity (Wildman–Crippen MR) is 77.7 cm³/mol.